The van der Waals surface area contributed by atoms with E-state index in [1.165, 1.54) is 25.7 Å². The van der Waals surface area contributed by atoms with Gasteiger partial charge in [0.1, 0.15) is 0 Å². The van der Waals surface area contributed by atoms with Gasteiger partial charge in [-0.3, -0.25) is 4.79 Å². The second-order valence-corrected chi connectivity index (χ2v) is 6.63. The van der Waals surface area contributed by atoms with Crippen LogP contribution in [-0.4, -0.2) is 41.8 Å². The molecule has 0 aliphatic carbocycles. The molecule has 2 atom stereocenters. The summed E-state index contributed by atoms with van der Waals surface area (Å²) in [6.07, 6.45) is 8.03. The van der Waals surface area contributed by atoms with Crippen molar-refractivity contribution in [1.82, 2.24) is 10.2 Å². The van der Waals surface area contributed by atoms with Crippen LogP contribution in [0.5, 0.6) is 0 Å². The highest BCUT2D eigenvalue weighted by Crippen LogP contribution is 2.36. The van der Waals surface area contributed by atoms with Crippen LogP contribution in [0.4, 0.5) is 0 Å². The van der Waals surface area contributed by atoms with Gasteiger partial charge < -0.3 is 10.2 Å². The first-order valence-electron chi connectivity index (χ1n) is 7.25. The van der Waals surface area contributed by atoms with Crippen LogP contribution in [-0.2, 0) is 4.79 Å². The predicted octanol–water partition coefficient (Wildman–Crippen LogP) is 2.54. The number of unbranched alkanes of at least 4 members (excludes halogenated alkanes) is 1. The van der Waals surface area contributed by atoms with E-state index in [0.29, 0.717) is 12.3 Å². The van der Waals surface area contributed by atoms with Gasteiger partial charge in [-0.05, 0) is 51.5 Å². The van der Waals surface area contributed by atoms with E-state index in [-0.39, 0.29) is 5.91 Å². The Morgan fingerprint density at radius 2 is 1.94 bits per heavy atom. The van der Waals surface area contributed by atoms with Crippen molar-refractivity contribution in [2.24, 2.45) is 5.92 Å². The summed E-state index contributed by atoms with van der Waals surface area (Å²) >= 11 is 3.39. The number of rotatable bonds is 6. The number of amides is 1. The Morgan fingerprint density at radius 3 is 2.56 bits per heavy atom. The number of fused-ring (bicyclic) bond motifs is 2. The quantitative estimate of drug-likeness (QED) is 0.603. The zero-order chi connectivity index (χ0) is 13.0. The number of carbonyl (C=O) groups excluding carboxylic acids is 1. The molecule has 2 rings (SSSR count). The molecule has 0 aromatic rings. The van der Waals surface area contributed by atoms with Crippen molar-refractivity contribution in [2.45, 2.75) is 57.0 Å². The molecular formula is C14H25BrN2O. The third kappa shape index (κ3) is 3.70. The van der Waals surface area contributed by atoms with Crippen molar-refractivity contribution in [3.8, 4) is 0 Å². The third-order valence-electron chi connectivity index (χ3n) is 4.57. The van der Waals surface area contributed by atoms with Gasteiger partial charge in [-0.2, -0.15) is 0 Å². The van der Waals surface area contributed by atoms with Crippen molar-refractivity contribution in [3.05, 3.63) is 0 Å². The zero-order valence-electron chi connectivity index (χ0n) is 11.3. The summed E-state index contributed by atoms with van der Waals surface area (Å²) in [5.74, 6) is 0.945. The first-order chi connectivity index (χ1) is 8.70. The minimum absolute atomic E-state index is 0.238. The van der Waals surface area contributed by atoms with Gasteiger partial charge in [-0.25, -0.2) is 0 Å². The van der Waals surface area contributed by atoms with E-state index in [9.17, 15) is 4.79 Å². The van der Waals surface area contributed by atoms with Crippen LogP contribution < -0.4 is 5.32 Å². The summed E-state index contributed by atoms with van der Waals surface area (Å²) < 4.78 is 0. The average Bonchev–Trinajstić information content (AvgIpc) is 2.60. The van der Waals surface area contributed by atoms with Crippen molar-refractivity contribution in [2.75, 3.05) is 18.9 Å². The van der Waals surface area contributed by atoms with E-state index in [0.717, 1.165) is 36.8 Å². The fourth-order valence-corrected chi connectivity index (χ4v) is 3.81. The molecule has 1 amide bonds. The molecule has 104 valence electrons. The van der Waals surface area contributed by atoms with Gasteiger partial charge in [0.15, 0.2) is 0 Å². The molecular weight excluding hydrogens is 292 g/mol. The van der Waals surface area contributed by atoms with E-state index in [2.05, 4.69) is 33.2 Å². The largest absolute Gasteiger partial charge is 0.356 e. The Morgan fingerprint density at radius 1 is 1.28 bits per heavy atom. The van der Waals surface area contributed by atoms with Gasteiger partial charge in [0.2, 0.25) is 5.91 Å². The van der Waals surface area contributed by atoms with Gasteiger partial charge >= 0.3 is 0 Å². The van der Waals surface area contributed by atoms with Gasteiger partial charge in [-0.15, -0.1) is 0 Å². The van der Waals surface area contributed by atoms with Crippen LogP contribution in [0.3, 0.4) is 0 Å². The number of nitrogens with one attached hydrogen (secondary N) is 1. The maximum absolute atomic E-state index is 11.7. The second-order valence-electron chi connectivity index (χ2n) is 5.84. The monoisotopic (exact) mass is 316 g/mol. The number of hydrogen-bond donors (Lipinski definition) is 1. The Labute approximate surface area is 119 Å². The molecule has 18 heavy (non-hydrogen) atoms. The molecule has 2 fully saturated rings. The molecule has 2 aliphatic heterocycles. The number of nitrogens with zero attached hydrogens (tertiary/aromatic N) is 1. The highest BCUT2D eigenvalue weighted by molar-refractivity contribution is 9.09. The van der Waals surface area contributed by atoms with E-state index in [4.69, 9.17) is 0 Å². The lowest BCUT2D eigenvalue weighted by atomic mass is 9.91. The maximum atomic E-state index is 11.7. The molecule has 1 N–H and O–H groups in total. The molecule has 2 aliphatic rings. The normalized spacial score (nSPS) is 31.6. The number of carbonyl (C=O) groups is 1. The molecule has 3 nitrogen and oxygen atoms in total. The number of alkyl halides is 1. The van der Waals surface area contributed by atoms with Gasteiger partial charge in [0.25, 0.3) is 0 Å². The molecule has 0 radical (unpaired) electrons. The van der Waals surface area contributed by atoms with E-state index in [1.807, 2.05) is 0 Å². The van der Waals surface area contributed by atoms with E-state index in [1.54, 1.807) is 0 Å². The number of hydrogen-bond acceptors (Lipinski definition) is 2. The molecule has 2 saturated heterocycles. The average molecular weight is 317 g/mol. The van der Waals surface area contributed by atoms with Crippen LogP contribution in [0.15, 0.2) is 0 Å². The number of piperidine rings is 1. The summed E-state index contributed by atoms with van der Waals surface area (Å²) in [5, 5.41) is 4.12. The third-order valence-corrected chi connectivity index (χ3v) is 5.13. The highest BCUT2D eigenvalue weighted by atomic mass is 79.9. The second kappa shape index (κ2) is 6.90. The SMILES string of the molecule is CN1C2CCC1CC(CNC(=O)CCCCBr)C2. The topological polar surface area (TPSA) is 32.3 Å². The van der Waals surface area contributed by atoms with Crippen molar-refractivity contribution in [1.29, 1.82) is 0 Å². The molecule has 0 spiro atoms. The van der Waals surface area contributed by atoms with Gasteiger partial charge in [0.05, 0.1) is 0 Å². The predicted molar refractivity (Wildman–Crippen MR) is 78.0 cm³/mol. The summed E-state index contributed by atoms with van der Waals surface area (Å²) in [4.78, 5) is 14.2. The minimum Gasteiger partial charge on any atom is -0.356 e. The molecule has 0 saturated carbocycles. The van der Waals surface area contributed by atoms with Gasteiger partial charge in [0, 0.05) is 30.4 Å². The first-order valence-corrected chi connectivity index (χ1v) is 8.37. The van der Waals surface area contributed by atoms with Crippen molar-refractivity contribution in [3.63, 3.8) is 0 Å². The van der Waals surface area contributed by atoms with Crippen LogP contribution in [0.25, 0.3) is 0 Å². The molecule has 0 aromatic carbocycles. The maximum Gasteiger partial charge on any atom is 0.220 e. The van der Waals surface area contributed by atoms with Gasteiger partial charge in [-0.1, -0.05) is 15.9 Å². The Bertz CT molecular complexity index is 271. The zero-order valence-corrected chi connectivity index (χ0v) is 12.9. The summed E-state index contributed by atoms with van der Waals surface area (Å²) in [7, 11) is 2.26. The number of halogens is 1. The Hall–Kier alpha value is -0.0900. The van der Waals surface area contributed by atoms with Crippen LogP contribution in [0.2, 0.25) is 0 Å². The lowest BCUT2D eigenvalue weighted by Gasteiger charge is -2.36. The summed E-state index contributed by atoms with van der Waals surface area (Å²) in [5.41, 5.74) is 0. The molecule has 2 heterocycles. The van der Waals surface area contributed by atoms with Crippen LogP contribution in [0, 0.1) is 5.92 Å². The fraction of sp³-hybridized carbons (Fsp3) is 0.929. The Kier molecular flexibility index (Phi) is 5.49. The smallest absolute Gasteiger partial charge is 0.220 e. The van der Waals surface area contributed by atoms with Crippen LogP contribution in [0.1, 0.15) is 44.9 Å². The molecule has 4 heteroatoms. The summed E-state index contributed by atoms with van der Waals surface area (Å²) in [6, 6.07) is 1.55. The molecule has 2 bridgehead atoms. The minimum atomic E-state index is 0.238. The lowest BCUT2D eigenvalue weighted by molar-refractivity contribution is -0.121. The van der Waals surface area contributed by atoms with Crippen molar-refractivity contribution < 1.29 is 4.79 Å². The highest BCUT2D eigenvalue weighted by Gasteiger charge is 2.38. The van der Waals surface area contributed by atoms with Crippen molar-refractivity contribution >= 4 is 21.8 Å². The lowest BCUT2D eigenvalue weighted by Crippen LogP contribution is -2.43. The van der Waals surface area contributed by atoms with Crippen LogP contribution >= 0.6 is 15.9 Å². The fourth-order valence-electron chi connectivity index (χ4n) is 3.42. The first kappa shape index (κ1) is 14.3. The molecule has 0 aromatic heterocycles. The standard InChI is InChI=1S/C14H25BrN2O/c1-17-12-5-6-13(17)9-11(8-12)10-16-14(18)4-2-3-7-15/h11-13H,2-10H2,1H3,(H,16,18). The molecule has 2 unspecified atom stereocenters. The Balaban J connectivity index is 1.64. The van der Waals surface area contributed by atoms with E-state index >= 15 is 0 Å². The summed E-state index contributed by atoms with van der Waals surface area (Å²) in [6.45, 7) is 0.897. The van der Waals surface area contributed by atoms with E-state index < -0.39 is 0 Å².